The Hall–Kier alpha value is -1.48. The number of carbonyl (C=O) groups is 1. The predicted molar refractivity (Wildman–Crippen MR) is 69.9 cm³/mol. The molecule has 4 N–H and O–H groups in total. The van der Waals surface area contributed by atoms with Crippen LogP contribution in [0.5, 0.6) is 5.75 Å². The van der Waals surface area contributed by atoms with E-state index in [1.807, 2.05) is 4.72 Å². The summed E-state index contributed by atoms with van der Waals surface area (Å²) in [7, 11) is -1.42. The van der Waals surface area contributed by atoms with Crippen molar-refractivity contribution >= 4 is 37.7 Å². The van der Waals surface area contributed by atoms with Crippen LogP contribution < -0.4 is 20.5 Å². The molecule has 2 amide bonds. The Morgan fingerprint density at radius 3 is 2.56 bits per heavy atom. The average Bonchev–Trinajstić information content (AvgIpc) is 2.31. The number of nitrogens with two attached hydrogens (primary N) is 1. The summed E-state index contributed by atoms with van der Waals surface area (Å²) in [6.45, 7) is 0. The minimum atomic E-state index is -4.04. The zero-order valence-electron chi connectivity index (χ0n) is 9.65. The first-order valence-electron chi connectivity index (χ1n) is 4.69. The van der Waals surface area contributed by atoms with Gasteiger partial charge in [0.05, 0.1) is 7.11 Å². The standard InChI is InChI=1S/C9H12BrN3O4S/c1-12-9(14)13-18(15,16)8-4-6(11)5(10)3-7(8)17-2/h3-4H,11H2,1-2H3,(H2,12,13,14). The lowest BCUT2D eigenvalue weighted by atomic mass is 10.3. The fourth-order valence-corrected chi connectivity index (χ4v) is 2.62. The number of benzene rings is 1. The molecule has 0 spiro atoms. The molecule has 1 aromatic rings. The molecule has 7 nitrogen and oxygen atoms in total. The summed E-state index contributed by atoms with van der Waals surface area (Å²) < 4.78 is 31.1. The highest BCUT2D eigenvalue weighted by Gasteiger charge is 2.23. The molecule has 0 saturated heterocycles. The number of hydrogen-bond donors (Lipinski definition) is 3. The molecule has 0 aliphatic rings. The number of halogens is 1. The van der Waals surface area contributed by atoms with Gasteiger partial charge in [0.15, 0.2) is 0 Å². The topological polar surface area (TPSA) is 111 Å². The summed E-state index contributed by atoms with van der Waals surface area (Å²) in [6, 6.07) is 1.76. The van der Waals surface area contributed by atoms with Crippen molar-refractivity contribution in [2.45, 2.75) is 4.90 Å². The van der Waals surface area contributed by atoms with Gasteiger partial charge in [-0.2, -0.15) is 0 Å². The second kappa shape index (κ2) is 5.44. The van der Waals surface area contributed by atoms with E-state index in [1.165, 1.54) is 26.3 Å². The van der Waals surface area contributed by atoms with Crippen molar-refractivity contribution in [3.8, 4) is 5.75 Å². The normalized spacial score (nSPS) is 10.8. The predicted octanol–water partition coefficient (Wildman–Crippen LogP) is 0.658. The molecule has 1 aromatic carbocycles. The van der Waals surface area contributed by atoms with Crippen LogP contribution in [-0.4, -0.2) is 28.6 Å². The Bertz CT molecular complexity index is 573. The lowest BCUT2D eigenvalue weighted by Gasteiger charge is -2.12. The first-order chi connectivity index (χ1) is 8.31. The van der Waals surface area contributed by atoms with Crippen LogP contribution in [0, 0.1) is 0 Å². The lowest BCUT2D eigenvalue weighted by Crippen LogP contribution is -2.37. The Morgan fingerprint density at radius 1 is 1.44 bits per heavy atom. The van der Waals surface area contributed by atoms with Crippen molar-refractivity contribution in [1.82, 2.24) is 10.0 Å². The van der Waals surface area contributed by atoms with Crippen molar-refractivity contribution < 1.29 is 17.9 Å². The summed E-state index contributed by atoms with van der Waals surface area (Å²) in [5.74, 6) is 0.0764. The van der Waals surface area contributed by atoms with Crippen molar-refractivity contribution in [2.75, 3.05) is 19.9 Å². The first kappa shape index (κ1) is 14.6. The Morgan fingerprint density at radius 2 is 2.06 bits per heavy atom. The SMILES string of the molecule is CNC(=O)NS(=O)(=O)c1cc(N)c(Br)cc1OC. The molecule has 0 radical (unpaired) electrons. The van der Waals surface area contributed by atoms with E-state index in [2.05, 4.69) is 21.2 Å². The van der Waals surface area contributed by atoms with E-state index in [0.29, 0.717) is 4.47 Å². The number of methoxy groups -OCH3 is 1. The van der Waals surface area contributed by atoms with Gasteiger partial charge in [-0.25, -0.2) is 17.9 Å². The van der Waals surface area contributed by atoms with Crippen LogP contribution in [0.25, 0.3) is 0 Å². The molecule has 18 heavy (non-hydrogen) atoms. The van der Waals surface area contributed by atoms with Gasteiger partial charge in [-0.3, -0.25) is 0 Å². The quantitative estimate of drug-likeness (QED) is 0.701. The van der Waals surface area contributed by atoms with Gasteiger partial charge in [-0.1, -0.05) is 0 Å². The second-order valence-electron chi connectivity index (χ2n) is 3.21. The number of rotatable bonds is 3. The van der Waals surface area contributed by atoms with Crippen LogP contribution in [0.3, 0.4) is 0 Å². The molecule has 0 unspecified atom stereocenters. The number of nitrogens with one attached hydrogen (secondary N) is 2. The summed E-state index contributed by atoms with van der Waals surface area (Å²) in [5, 5.41) is 2.14. The van der Waals surface area contributed by atoms with Gasteiger partial charge in [0.25, 0.3) is 10.0 Å². The third kappa shape index (κ3) is 3.05. The van der Waals surface area contributed by atoms with Crippen molar-refractivity contribution in [3.63, 3.8) is 0 Å². The Kier molecular flexibility index (Phi) is 4.41. The molecule has 0 fully saturated rings. The van der Waals surface area contributed by atoms with Crippen LogP contribution in [0.15, 0.2) is 21.5 Å². The van der Waals surface area contributed by atoms with Gasteiger partial charge in [-0.15, -0.1) is 0 Å². The number of hydrogen-bond acceptors (Lipinski definition) is 5. The first-order valence-corrected chi connectivity index (χ1v) is 6.97. The molecule has 0 aliphatic carbocycles. The minimum Gasteiger partial charge on any atom is -0.495 e. The van der Waals surface area contributed by atoms with Gasteiger partial charge < -0.3 is 15.8 Å². The van der Waals surface area contributed by atoms with E-state index in [-0.39, 0.29) is 16.3 Å². The van der Waals surface area contributed by atoms with Crippen LogP contribution in [0.2, 0.25) is 0 Å². The number of ether oxygens (including phenoxy) is 1. The monoisotopic (exact) mass is 337 g/mol. The van der Waals surface area contributed by atoms with E-state index in [1.54, 1.807) is 0 Å². The van der Waals surface area contributed by atoms with Gasteiger partial charge in [0, 0.05) is 17.2 Å². The number of anilines is 1. The molecule has 0 aromatic heterocycles. The number of nitrogen functional groups attached to an aromatic ring is 1. The molecule has 0 atom stereocenters. The number of carbonyl (C=O) groups excluding carboxylic acids is 1. The molecule has 1 rings (SSSR count). The largest absolute Gasteiger partial charge is 0.495 e. The lowest BCUT2D eigenvalue weighted by molar-refractivity contribution is 0.247. The van der Waals surface area contributed by atoms with Gasteiger partial charge in [0.2, 0.25) is 0 Å². The summed E-state index contributed by atoms with van der Waals surface area (Å²) in [5.41, 5.74) is 5.82. The van der Waals surface area contributed by atoms with Crippen molar-refractivity contribution in [1.29, 1.82) is 0 Å². The zero-order chi connectivity index (χ0) is 13.9. The highest BCUT2D eigenvalue weighted by atomic mass is 79.9. The van der Waals surface area contributed by atoms with Crippen LogP contribution in [-0.2, 0) is 10.0 Å². The van der Waals surface area contributed by atoms with Crippen molar-refractivity contribution in [3.05, 3.63) is 16.6 Å². The van der Waals surface area contributed by atoms with E-state index in [9.17, 15) is 13.2 Å². The fraction of sp³-hybridized carbons (Fsp3) is 0.222. The third-order valence-corrected chi connectivity index (χ3v) is 4.07. The number of urea groups is 1. The Labute approximate surface area is 113 Å². The molecular formula is C9H12BrN3O4S. The second-order valence-corrected chi connectivity index (χ2v) is 5.71. The molecule has 100 valence electrons. The maximum absolute atomic E-state index is 11.9. The molecule has 0 bridgehead atoms. The smallest absolute Gasteiger partial charge is 0.328 e. The van der Waals surface area contributed by atoms with Crippen LogP contribution >= 0.6 is 15.9 Å². The summed E-state index contributed by atoms with van der Waals surface area (Å²) >= 11 is 3.15. The highest BCUT2D eigenvalue weighted by molar-refractivity contribution is 9.10. The molecule has 0 aliphatic heterocycles. The molecule has 0 saturated carbocycles. The average molecular weight is 338 g/mol. The number of sulfonamides is 1. The van der Waals surface area contributed by atoms with Crippen LogP contribution in [0.4, 0.5) is 10.5 Å². The molecule has 9 heteroatoms. The highest BCUT2D eigenvalue weighted by Crippen LogP contribution is 2.32. The maximum atomic E-state index is 11.9. The minimum absolute atomic E-state index is 0.0764. The Balaban J connectivity index is 3.31. The molecular weight excluding hydrogens is 326 g/mol. The summed E-state index contributed by atoms with van der Waals surface area (Å²) in [6.07, 6.45) is 0. The summed E-state index contributed by atoms with van der Waals surface area (Å²) in [4.78, 5) is 10.9. The van der Waals surface area contributed by atoms with Crippen LogP contribution in [0.1, 0.15) is 0 Å². The zero-order valence-corrected chi connectivity index (χ0v) is 12.1. The van der Waals surface area contributed by atoms with Gasteiger partial charge in [-0.05, 0) is 28.1 Å². The molecule has 0 heterocycles. The maximum Gasteiger partial charge on any atom is 0.328 e. The van der Waals surface area contributed by atoms with Gasteiger partial charge in [0.1, 0.15) is 10.6 Å². The fourth-order valence-electron chi connectivity index (χ4n) is 1.15. The van der Waals surface area contributed by atoms with E-state index < -0.39 is 16.1 Å². The van der Waals surface area contributed by atoms with E-state index in [0.717, 1.165) is 0 Å². The van der Waals surface area contributed by atoms with Crippen molar-refractivity contribution in [2.24, 2.45) is 0 Å². The van der Waals surface area contributed by atoms with E-state index in [4.69, 9.17) is 10.5 Å². The van der Waals surface area contributed by atoms with Gasteiger partial charge >= 0.3 is 6.03 Å². The number of amides is 2. The third-order valence-electron chi connectivity index (χ3n) is 2.03. The van der Waals surface area contributed by atoms with E-state index >= 15 is 0 Å².